The summed E-state index contributed by atoms with van der Waals surface area (Å²) in [6, 6.07) is 0. The second-order valence-corrected chi connectivity index (χ2v) is 8.49. The van der Waals surface area contributed by atoms with Crippen LogP contribution in [0.4, 0.5) is 0 Å². The molecule has 0 aromatic heterocycles. The van der Waals surface area contributed by atoms with Gasteiger partial charge in [-0.15, -0.1) is 6.42 Å². The maximum absolute atomic E-state index is 11.9. The van der Waals surface area contributed by atoms with Crippen LogP contribution >= 0.6 is 0 Å². The van der Waals surface area contributed by atoms with Gasteiger partial charge in [-0.3, -0.25) is 4.79 Å². The number of carbonyl (C=O) groups excluding carboxylic acids is 1. The van der Waals surface area contributed by atoms with Gasteiger partial charge in [-0.25, -0.2) is 0 Å². The number of hydrogen-bond donors (Lipinski definition) is 1. The highest BCUT2D eigenvalue weighted by molar-refractivity contribution is 5.91. The Balaban J connectivity index is 1.78. The standard InChI is InChI=1S/C21H28O2/c1-4-21(23)10-8-18-19-13(2)11-14-12-15(22)5-6-16(14)17(19)7-9-20(18,21)3/h1,12-13,16-19,23H,5-11H2,2-3H3/t13-,16+,17-,18+,19-,20+,21+/m1/s1/i2+1D3. The van der Waals surface area contributed by atoms with Crippen molar-refractivity contribution in [3.8, 4) is 12.3 Å². The Morgan fingerprint density at radius 2 is 2.22 bits per heavy atom. The maximum Gasteiger partial charge on any atom is 0.155 e. The van der Waals surface area contributed by atoms with Crippen LogP contribution in [0, 0.1) is 47.3 Å². The van der Waals surface area contributed by atoms with Gasteiger partial charge in [0.05, 0.1) is 0 Å². The molecular formula is C21H28O2. The molecule has 0 unspecified atom stereocenters. The van der Waals surface area contributed by atoms with Crippen molar-refractivity contribution in [3.05, 3.63) is 11.6 Å². The predicted octanol–water partition coefficient (Wildman–Crippen LogP) is 3.74. The smallest absolute Gasteiger partial charge is 0.155 e. The molecule has 3 fully saturated rings. The van der Waals surface area contributed by atoms with Crippen molar-refractivity contribution in [2.45, 2.75) is 64.3 Å². The summed E-state index contributed by atoms with van der Waals surface area (Å²) in [5.41, 5.74) is -0.462. The second kappa shape index (κ2) is 4.96. The van der Waals surface area contributed by atoms with Crippen LogP contribution in [0.25, 0.3) is 0 Å². The summed E-state index contributed by atoms with van der Waals surface area (Å²) in [6.45, 7) is 0.0252. The highest BCUT2D eigenvalue weighted by atomic mass is 16.3. The zero-order chi connectivity index (χ0) is 18.9. The van der Waals surface area contributed by atoms with Crippen LogP contribution in [-0.2, 0) is 4.79 Å². The van der Waals surface area contributed by atoms with Gasteiger partial charge in [-0.2, -0.15) is 0 Å². The van der Waals surface area contributed by atoms with Crippen LogP contribution in [0.3, 0.4) is 0 Å². The van der Waals surface area contributed by atoms with Gasteiger partial charge in [0.2, 0.25) is 0 Å². The molecule has 4 aliphatic carbocycles. The third kappa shape index (κ3) is 1.96. The Labute approximate surface area is 143 Å². The first-order valence-electron chi connectivity index (χ1n) is 10.5. The van der Waals surface area contributed by atoms with Crippen molar-refractivity contribution in [1.82, 2.24) is 0 Å². The normalized spacial score (nSPS) is 54.5. The molecule has 2 nitrogen and oxygen atoms in total. The number of terminal acetylenes is 1. The lowest BCUT2D eigenvalue weighted by Gasteiger charge is -2.56. The molecule has 0 heterocycles. The molecule has 0 aliphatic heterocycles. The Morgan fingerprint density at radius 1 is 1.39 bits per heavy atom. The Morgan fingerprint density at radius 3 is 2.96 bits per heavy atom. The highest BCUT2D eigenvalue weighted by Crippen LogP contribution is 2.65. The molecule has 2 heteroatoms. The van der Waals surface area contributed by atoms with Gasteiger partial charge in [-0.1, -0.05) is 25.3 Å². The van der Waals surface area contributed by atoms with E-state index >= 15 is 0 Å². The van der Waals surface area contributed by atoms with Crippen LogP contribution in [0.5, 0.6) is 0 Å². The Hall–Kier alpha value is -1.07. The van der Waals surface area contributed by atoms with E-state index in [9.17, 15) is 9.90 Å². The molecule has 0 radical (unpaired) electrons. The van der Waals surface area contributed by atoms with E-state index in [4.69, 9.17) is 10.5 Å². The first-order chi connectivity index (χ1) is 12.1. The third-order valence-corrected chi connectivity index (χ3v) is 7.74. The molecule has 4 rings (SSSR count). The molecule has 0 spiro atoms. The summed E-state index contributed by atoms with van der Waals surface area (Å²) < 4.78 is 24.5. The van der Waals surface area contributed by atoms with Crippen LogP contribution in [0.2, 0.25) is 0 Å². The average molecular weight is 316 g/mol. The monoisotopic (exact) mass is 316 g/mol. The first-order valence-corrected chi connectivity index (χ1v) is 9.04. The van der Waals surface area contributed by atoms with Gasteiger partial charge >= 0.3 is 0 Å². The molecule has 0 aromatic rings. The fraction of sp³-hybridized carbons (Fsp3) is 0.762. The molecule has 23 heavy (non-hydrogen) atoms. The van der Waals surface area contributed by atoms with Crippen molar-refractivity contribution < 1.29 is 14.0 Å². The second-order valence-electron chi connectivity index (χ2n) is 8.49. The topological polar surface area (TPSA) is 37.3 Å². The highest BCUT2D eigenvalue weighted by Gasteiger charge is 2.62. The van der Waals surface area contributed by atoms with E-state index in [0.717, 1.165) is 31.3 Å². The van der Waals surface area contributed by atoms with Crippen LogP contribution in [0.1, 0.15) is 62.8 Å². The van der Waals surface area contributed by atoms with E-state index in [1.165, 1.54) is 0 Å². The zero-order valence-corrected chi connectivity index (χ0v) is 13.8. The number of carbonyl (C=O) groups is 1. The average Bonchev–Trinajstić information content (AvgIpc) is 2.85. The number of ketones is 1. The van der Waals surface area contributed by atoms with Gasteiger partial charge < -0.3 is 5.11 Å². The van der Waals surface area contributed by atoms with Gasteiger partial charge in [0.25, 0.3) is 0 Å². The Bertz CT molecular complexity index is 703. The lowest BCUT2D eigenvalue weighted by atomic mass is 9.49. The minimum absolute atomic E-state index is 0.0546. The van der Waals surface area contributed by atoms with Crippen molar-refractivity contribution >= 4 is 5.78 Å². The van der Waals surface area contributed by atoms with Gasteiger partial charge in [-0.05, 0) is 74.2 Å². The summed E-state index contributed by atoms with van der Waals surface area (Å²) in [4.78, 5) is 11.9. The Kier molecular flexibility index (Phi) is 2.66. The van der Waals surface area contributed by atoms with Crippen molar-refractivity contribution in [2.24, 2.45) is 35.0 Å². The van der Waals surface area contributed by atoms with E-state index in [1.807, 2.05) is 0 Å². The molecule has 124 valence electrons. The third-order valence-electron chi connectivity index (χ3n) is 7.74. The van der Waals surface area contributed by atoms with E-state index < -0.39 is 23.8 Å². The van der Waals surface area contributed by atoms with Crippen molar-refractivity contribution in [2.75, 3.05) is 0 Å². The minimum Gasteiger partial charge on any atom is -0.377 e. The zero-order valence-electron chi connectivity index (χ0n) is 16.8. The predicted molar refractivity (Wildman–Crippen MR) is 90.4 cm³/mol. The maximum atomic E-state index is 11.9. The van der Waals surface area contributed by atoms with E-state index in [2.05, 4.69) is 12.8 Å². The first kappa shape index (κ1) is 12.3. The van der Waals surface area contributed by atoms with Crippen molar-refractivity contribution in [1.29, 1.82) is 0 Å². The van der Waals surface area contributed by atoms with Crippen LogP contribution < -0.4 is 0 Å². The molecule has 0 saturated heterocycles. The molecular weight excluding hydrogens is 285 g/mol. The summed E-state index contributed by atoms with van der Waals surface area (Å²) in [7, 11) is 0. The van der Waals surface area contributed by atoms with E-state index in [0.29, 0.717) is 31.1 Å². The van der Waals surface area contributed by atoms with Gasteiger partial charge in [0, 0.05) is 15.9 Å². The molecule has 0 bridgehead atoms. The van der Waals surface area contributed by atoms with Gasteiger partial charge in [0.15, 0.2) is 5.78 Å². The molecule has 7 atom stereocenters. The number of hydrogen-bond acceptors (Lipinski definition) is 2. The number of fused-ring (bicyclic) bond motifs is 5. The van der Waals surface area contributed by atoms with E-state index in [1.54, 1.807) is 6.08 Å². The van der Waals surface area contributed by atoms with E-state index in [-0.39, 0.29) is 17.6 Å². The summed E-state index contributed by atoms with van der Waals surface area (Å²) >= 11 is 0. The summed E-state index contributed by atoms with van der Waals surface area (Å²) in [5, 5.41) is 11.1. The fourth-order valence-corrected chi connectivity index (χ4v) is 6.49. The minimum atomic E-state index is -2.05. The molecule has 1 N–H and O–H groups in total. The number of rotatable bonds is 0. The lowest BCUT2D eigenvalue weighted by Crippen LogP contribution is -2.53. The number of aliphatic hydroxyl groups is 1. The summed E-state index contributed by atoms with van der Waals surface area (Å²) in [5.74, 6) is 3.18. The van der Waals surface area contributed by atoms with Gasteiger partial charge in [0.1, 0.15) is 5.60 Å². The molecule has 3 saturated carbocycles. The molecule has 0 aromatic carbocycles. The van der Waals surface area contributed by atoms with Crippen LogP contribution in [0.15, 0.2) is 11.6 Å². The number of allylic oxidation sites excluding steroid dienone is 1. The van der Waals surface area contributed by atoms with Crippen molar-refractivity contribution in [3.63, 3.8) is 0 Å². The SMILES string of the molecule is [2H][13C]([2H])([2H])[C@@H]1CC2=CC(=O)CC[C@@H]2[C@H]2CC[C@@]3(C)[C@@H](CC[C@@]3(O)C#C)[C@@H]21. The fourth-order valence-electron chi connectivity index (χ4n) is 6.49. The largest absolute Gasteiger partial charge is 0.377 e. The lowest BCUT2D eigenvalue weighted by molar-refractivity contribution is -0.117. The summed E-state index contributed by atoms with van der Waals surface area (Å²) in [6.07, 6.45) is 12.5. The molecule has 0 amide bonds. The molecule has 4 aliphatic rings. The quantitative estimate of drug-likeness (QED) is 0.546. The van der Waals surface area contributed by atoms with Crippen LogP contribution in [-0.4, -0.2) is 16.5 Å².